The fourth-order valence-electron chi connectivity index (χ4n) is 1.05. The Morgan fingerprint density at radius 3 is 2.79 bits per heavy atom. The summed E-state index contributed by atoms with van der Waals surface area (Å²) in [6.45, 7) is 4.43. The zero-order valence-electron chi connectivity index (χ0n) is 8.91. The highest BCUT2D eigenvalue weighted by Crippen LogP contribution is 2.24. The van der Waals surface area contributed by atoms with Gasteiger partial charge in [0.25, 0.3) is 0 Å². The monoisotopic (exact) mass is 195 g/mol. The third-order valence-electron chi connectivity index (χ3n) is 2.16. The zero-order chi connectivity index (χ0) is 10.6. The molecule has 1 unspecified atom stereocenters. The van der Waals surface area contributed by atoms with Gasteiger partial charge in [-0.25, -0.2) is 0 Å². The van der Waals surface area contributed by atoms with E-state index in [2.05, 4.69) is 0 Å². The van der Waals surface area contributed by atoms with Gasteiger partial charge in [0.1, 0.15) is 12.4 Å². The minimum Gasteiger partial charge on any atom is -0.489 e. The van der Waals surface area contributed by atoms with Gasteiger partial charge in [0.15, 0.2) is 0 Å². The fourth-order valence-corrected chi connectivity index (χ4v) is 1.05. The van der Waals surface area contributed by atoms with Crippen LogP contribution in [-0.2, 0) is 4.74 Å². The minimum atomic E-state index is 0.0786. The maximum atomic E-state index is 5.84. The van der Waals surface area contributed by atoms with Crippen LogP contribution < -0.4 is 10.5 Å². The lowest BCUT2D eigenvalue weighted by molar-refractivity contribution is 0.0719. The second-order valence-corrected chi connectivity index (χ2v) is 3.34. The third kappa shape index (κ3) is 2.64. The number of para-hydroxylation sites is 1. The molecule has 0 saturated heterocycles. The van der Waals surface area contributed by atoms with E-state index >= 15 is 0 Å². The van der Waals surface area contributed by atoms with Crippen molar-refractivity contribution in [3.05, 3.63) is 23.8 Å². The van der Waals surface area contributed by atoms with Crippen LogP contribution in [0.25, 0.3) is 0 Å². The smallest absolute Gasteiger partial charge is 0.142 e. The molecule has 0 aliphatic carbocycles. The van der Waals surface area contributed by atoms with Crippen LogP contribution in [-0.4, -0.2) is 19.8 Å². The number of hydrogen-bond donors (Lipinski definition) is 1. The van der Waals surface area contributed by atoms with Crippen LogP contribution in [0, 0.1) is 6.92 Å². The van der Waals surface area contributed by atoms with Gasteiger partial charge in [0, 0.05) is 7.11 Å². The number of benzene rings is 1. The predicted molar refractivity (Wildman–Crippen MR) is 57.6 cm³/mol. The highest BCUT2D eigenvalue weighted by Gasteiger charge is 2.04. The summed E-state index contributed by atoms with van der Waals surface area (Å²) in [6.07, 6.45) is 0.0786. The average molecular weight is 195 g/mol. The van der Waals surface area contributed by atoms with E-state index < -0.39 is 0 Å². The number of nitrogens with two attached hydrogens (primary N) is 1. The minimum absolute atomic E-state index is 0.0786. The molecule has 0 bridgehead atoms. The molecule has 1 atom stereocenters. The Kier molecular flexibility index (Phi) is 3.77. The Hall–Kier alpha value is -1.22. The van der Waals surface area contributed by atoms with Gasteiger partial charge in [0.05, 0.1) is 11.8 Å². The maximum absolute atomic E-state index is 5.84. The molecule has 1 aromatic rings. The number of methoxy groups -OCH3 is 1. The summed E-state index contributed by atoms with van der Waals surface area (Å²) in [7, 11) is 1.66. The summed E-state index contributed by atoms with van der Waals surface area (Å²) in [5, 5.41) is 0. The van der Waals surface area contributed by atoms with E-state index in [4.69, 9.17) is 15.2 Å². The Balaban J connectivity index is 2.63. The number of anilines is 1. The van der Waals surface area contributed by atoms with E-state index in [0.29, 0.717) is 12.3 Å². The fraction of sp³-hybridized carbons (Fsp3) is 0.455. The number of aryl methyl sites for hydroxylation is 1. The summed E-state index contributed by atoms with van der Waals surface area (Å²) in [5.41, 5.74) is 7.58. The van der Waals surface area contributed by atoms with Crippen molar-refractivity contribution < 1.29 is 9.47 Å². The summed E-state index contributed by atoms with van der Waals surface area (Å²) in [4.78, 5) is 0. The van der Waals surface area contributed by atoms with Crippen molar-refractivity contribution in [2.75, 3.05) is 19.5 Å². The summed E-state index contributed by atoms with van der Waals surface area (Å²) in [5.74, 6) is 0.730. The molecule has 0 aliphatic heterocycles. The van der Waals surface area contributed by atoms with Crippen molar-refractivity contribution in [2.45, 2.75) is 20.0 Å². The molecular formula is C11H17NO2. The Morgan fingerprint density at radius 1 is 1.43 bits per heavy atom. The average Bonchev–Trinajstić information content (AvgIpc) is 2.20. The first-order valence-corrected chi connectivity index (χ1v) is 4.66. The Bertz CT molecular complexity index is 299. The summed E-state index contributed by atoms with van der Waals surface area (Å²) >= 11 is 0. The maximum Gasteiger partial charge on any atom is 0.142 e. The second-order valence-electron chi connectivity index (χ2n) is 3.34. The van der Waals surface area contributed by atoms with Crippen molar-refractivity contribution >= 4 is 5.69 Å². The van der Waals surface area contributed by atoms with Crippen LogP contribution in [0.5, 0.6) is 5.75 Å². The first kappa shape index (κ1) is 10.9. The van der Waals surface area contributed by atoms with Gasteiger partial charge in [-0.3, -0.25) is 0 Å². The lowest BCUT2D eigenvalue weighted by Gasteiger charge is -2.13. The number of rotatable bonds is 4. The normalized spacial score (nSPS) is 12.5. The first-order valence-electron chi connectivity index (χ1n) is 4.66. The van der Waals surface area contributed by atoms with Crippen LogP contribution >= 0.6 is 0 Å². The molecule has 0 spiro atoms. The van der Waals surface area contributed by atoms with E-state index in [-0.39, 0.29) is 6.10 Å². The molecule has 14 heavy (non-hydrogen) atoms. The lowest BCUT2D eigenvalue weighted by Crippen LogP contribution is -2.16. The van der Waals surface area contributed by atoms with Gasteiger partial charge in [-0.2, -0.15) is 0 Å². The van der Waals surface area contributed by atoms with Crippen molar-refractivity contribution in [3.63, 3.8) is 0 Å². The number of ether oxygens (including phenoxy) is 2. The van der Waals surface area contributed by atoms with Crippen LogP contribution in [0.2, 0.25) is 0 Å². The van der Waals surface area contributed by atoms with E-state index in [0.717, 1.165) is 11.3 Å². The summed E-state index contributed by atoms with van der Waals surface area (Å²) in [6, 6.07) is 5.76. The molecule has 0 heterocycles. The highest BCUT2D eigenvalue weighted by atomic mass is 16.5. The highest BCUT2D eigenvalue weighted by molar-refractivity contribution is 5.57. The van der Waals surface area contributed by atoms with Crippen molar-refractivity contribution in [3.8, 4) is 5.75 Å². The molecule has 2 N–H and O–H groups in total. The molecule has 0 aromatic heterocycles. The molecule has 0 saturated carbocycles. The molecule has 1 rings (SSSR count). The number of nitrogen functional groups attached to an aromatic ring is 1. The SMILES string of the molecule is COC(C)COc1cccc(C)c1N. The molecule has 78 valence electrons. The summed E-state index contributed by atoms with van der Waals surface area (Å²) < 4.78 is 10.6. The van der Waals surface area contributed by atoms with Gasteiger partial charge in [0.2, 0.25) is 0 Å². The molecule has 0 aliphatic rings. The van der Waals surface area contributed by atoms with Crippen LogP contribution in [0.3, 0.4) is 0 Å². The topological polar surface area (TPSA) is 44.5 Å². The van der Waals surface area contributed by atoms with Crippen LogP contribution in [0.15, 0.2) is 18.2 Å². The largest absolute Gasteiger partial charge is 0.489 e. The zero-order valence-corrected chi connectivity index (χ0v) is 8.91. The number of hydrogen-bond acceptors (Lipinski definition) is 3. The molecule has 0 radical (unpaired) electrons. The van der Waals surface area contributed by atoms with E-state index in [1.165, 1.54) is 0 Å². The van der Waals surface area contributed by atoms with Gasteiger partial charge < -0.3 is 15.2 Å². The Morgan fingerprint density at radius 2 is 2.14 bits per heavy atom. The van der Waals surface area contributed by atoms with Crippen molar-refractivity contribution in [1.82, 2.24) is 0 Å². The van der Waals surface area contributed by atoms with Gasteiger partial charge in [-0.05, 0) is 25.5 Å². The lowest BCUT2D eigenvalue weighted by atomic mass is 10.2. The third-order valence-corrected chi connectivity index (χ3v) is 2.16. The molecule has 3 nitrogen and oxygen atoms in total. The van der Waals surface area contributed by atoms with Gasteiger partial charge >= 0.3 is 0 Å². The van der Waals surface area contributed by atoms with Crippen LogP contribution in [0.1, 0.15) is 12.5 Å². The van der Waals surface area contributed by atoms with E-state index in [1.807, 2.05) is 32.0 Å². The molecule has 0 amide bonds. The standard InChI is InChI=1S/C11H17NO2/c1-8-5-4-6-10(11(8)12)14-7-9(2)13-3/h4-6,9H,7,12H2,1-3H3. The predicted octanol–water partition coefficient (Wildman–Crippen LogP) is 1.99. The van der Waals surface area contributed by atoms with E-state index in [9.17, 15) is 0 Å². The van der Waals surface area contributed by atoms with Crippen molar-refractivity contribution in [1.29, 1.82) is 0 Å². The van der Waals surface area contributed by atoms with Gasteiger partial charge in [-0.1, -0.05) is 12.1 Å². The van der Waals surface area contributed by atoms with Crippen molar-refractivity contribution in [2.24, 2.45) is 0 Å². The quantitative estimate of drug-likeness (QED) is 0.747. The molecule has 0 fully saturated rings. The second kappa shape index (κ2) is 4.86. The molecular weight excluding hydrogens is 178 g/mol. The van der Waals surface area contributed by atoms with E-state index in [1.54, 1.807) is 7.11 Å². The molecule has 3 heteroatoms. The van der Waals surface area contributed by atoms with Gasteiger partial charge in [-0.15, -0.1) is 0 Å². The Labute approximate surface area is 84.8 Å². The van der Waals surface area contributed by atoms with Crippen LogP contribution in [0.4, 0.5) is 5.69 Å². The first-order chi connectivity index (χ1) is 6.65. The molecule has 1 aromatic carbocycles.